The zero-order chi connectivity index (χ0) is 22.8. The van der Waals surface area contributed by atoms with E-state index >= 15 is 0 Å². The van der Waals surface area contributed by atoms with E-state index in [2.05, 4.69) is 25.7 Å². The molecular formula is C23H24N6O3. The molecule has 0 fully saturated rings. The largest absolute Gasteiger partial charge is 0.395 e. The molecule has 0 radical (unpaired) electrons. The van der Waals surface area contributed by atoms with Crippen LogP contribution in [0.15, 0.2) is 88.1 Å². The van der Waals surface area contributed by atoms with Crippen molar-refractivity contribution in [3.05, 3.63) is 88.5 Å². The van der Waals surface area contributed by atoms with Gasteiger partial charge < -0.3 is 10.0 Å². The molecule has 0 bridgehead atoms. The standard InChI is InChI=1S/C23H24N6O3/c1-2-28(15-16-30)22-11-7-21(8-12-22)27-26-20-5-3-18(4-6-20)17-24-25-19-9-13-23(14-10-19)29(31)32/h3-14,17,25,30H,2,15-16H2,1H3/b24-17+,27-26?. The second kappa shape index (κ2) is 11.3. The quantitative estimate of drug-likeness (QED) is 0.196. The number of hydrogen-bond acceptors (Lipinski definition) is 8. The zero-order valence-electron chi connectivity index (χ0n) is 17.6. The number of benzene rings is 3. The minimum atomic E-state index is -0.444. The summed E-state index contributed by atoms with van der Waals surface area (Å²) in [5, 5.41) is 32.5. The first kappa shape index (κ1) is 22.6. The van der Waals surface area contributed by atoms with Crippen molar-refractivity contribution in [3.63, 3.8) is 0 Å². The van der Waals surface area contributed by atoms with Crippen molar-refractivity contribution in [2.75, 3.05) is 30.0 Å². The highest BCUT2D eigenvalue weighted by molar-refractivity contribution is 5.80. The summed E-state index contributed by atoms with van der Waals surface area (Å²) in [6.07, 6.45) is 1.65. The fourth-order valence-electron chi connectivity index (χ4n) is 2.90. The van der Waals surface area contributed by atoms with E-state index in [0.29, 0.717) is 17.9 Å². The van der Waals surface area contributed by atoms with Crippen LogP contribution in [0, 0.1) is 10.1 Å². The van der Waals surface area contributed by atoms with E-state index < -0.39 is 4.92 Å². The lowest BCUT2D eigenvalue weighted by molar-refractivity contribution is -0.384. The molecule has 0 atom stereocenters. The average molecular weight is 432 g/mol. The molecule has 0 saturated carbocycles. The summed E-state index contributed by atoms with van der Waals surface area (Å²) in [7, 11) is 0. The van der Waals surface area contributed by atoms with Crippen LogP contribution in [0.5, 0.6) is 0 Å². The summed E-state index contributed by atoms with van der Waals surface area (Å²) in [4.78, 5) is 12.3. The normalized spacial score (nSPS) is 11.2. The van der Waals surface area contributed by atoms with Gasteiger partial charge in [0.05, 0.1) is 34.8 Å². The molecule has 0 unspecified atom stereocenters. The molecule has 32 heavy (non-hydrogen) atoms. The number of nitro groups is 1. The first-order valence-electron chi connectivity index (χ1n) is 10.1. The fourth-order valence-corrected chi connectivity index (χ4v) is 2.90. The molecule has 3 aromatic carbocycles. The Balaban J connectivity index is 1.55. The monoisotopic (exact) mass is 432 g/mol. The number of anilines is 2. The number of hydrazone groups is 1. The van der Waals surface area contributed by atoms with E-state index in [4.69, 9.17) is 5.11 Å². The smallest absolute Gasteiger partial charge is 0.269 e. The Hall–Kier alpha value is -4.11. The Morgan fingerprint density at radius 1 is 0.969 bits per heavy atom. The molecule has 0 saturated heterocycles. The van der Waals surface area contributed by atoms with Gasteiger partial charge in [-0.05, 0) is 61.0 Å². The molecule has 2 N–H and O–H groups in total. The summed E-state index contributed by atoms with van der Waals surface area (Å²) in [5.41, 5.74) is 6.88. The number of nitrogens with zero attached hydrogens (tertiary/aromatic N) is 5. The summed E-state index contributed by atoms with van der Waals surface area (Å²) < 4.78 is 0. The van der Waals surface area contributed by atoms with Crippen molar-refractivity contribution in [2.45, 2.75) is 6.92 Å². The summed E-state index contributed by atoms with van der Waals surface area (Å²) in [6, 6.07) is 21.1. The van der Waals surface area contributed by atoms with Crippen molar-refractivity contribution in [2.24, 2.45) is 15.3 Å². The molecule has 0 aliphatic heterocycles. The van der Waals surface area contributed by atoms with Crippen LogP contribution in [0.25, 0.3) is 0 Å². The van der Waals surface area contributed by atoms with Crippen LogP contribution in [0.2, 0.25) is 0 Å². The Morgan fingerprint density at radius 2 is 1.56 bits per heavy atom. The van der Waals surface area contributed by atoms with Gasteiger partial charge in [-0.15, -0.1) is 0 Å². The lowest BCUT2D eigenvalue weighted by atomic mass is 10.2. The predicted octanol–water partition coefficient (Wildman–Crippen LogP) is 5.27. The van der Waals surface area contributed by atoms with E-state index in [1.807, 2.05) is 55.5 Å². The summed E-state index contributed by atoms with van der Waals surface area (Å²) in [5.74, 6) is 0. The lowest BCUT2D eigenvalue weighted by Gasteiger charge is -2.21. The van der Waals surface area contributed by atoms with Crippen molar-refractivity contribution in [3.8, 4) is 0 Å². The van der Waals surface area contributed by atoms with Gasteiger partial charge in [-0.3, -0.25) is 15.5 Å². The summed E-state index contributed by atoms with van der Waals surface area (Å²) >= 11 is 0. The van der Waals surface area contributed by atoms with Crippen LogP contribution < -0.4 is 10.3 Å². The van der Waals surface area contributed by atoms with E-state index in [9.17, 15) is 10.1 Å². The lowest BCUT2D eigenvalue weighted by Crippen LogP contribution is -2.25. The van der Waals surface area contributed by atoms with Crippen LogP contribution in [-0.2, 0) is 0 Å². The maximum absolute atomic E-state index is 10.7. The molecule has 9 nitrogen and oxygen atoms in total. The molecule has 0 aromatic heterocycles. The SMILES string of the molecule is CCN(CCO)c1ccc(N=Nc2ccc(/C=N/Nc3ccc([N+](=O)[O-])cc3)cc2)cc1. The van der Waals surface area contributed by atoms with Gasteiger partial charge in [0.25, 0.3) is 5.69 Å². The third kappa shape index (κ3) is 6.44. The third-order valence-corrected chi connectivity index (χ3v) is 4.63. The van der Waals surface area contributed by atoms with Gasteiger partial charge in [0, 0.05) is 30.9 Å². The van der Waals surface area contributed by atoms with Crippen LogP contribution in [0.4, 0.5) is 28.4 Å². The van der Waals surface area contributed by atoms with Gasteiger partial charge in [-0.2, -0.15) is 15.3 Å². The first-order valence-corrected chi connectivity index (χ1v) is 10.1. The van der Waals surface area contributed by atoms with Crippen molar-refractivity contribution >= 4 is 34.7 Å². The maximum Gasteiger partial charge on any atom is 0.269 e. The molecule has 3 aromatic rings. The zero-order valence-corrected chi connectivity index (χ0v) is 17.6. The minimum Gasteiger partial charge on any atom is -0.395 e. The number of nitrogens with one attached hydrogen (secondary N) is 1. The van der Waals surface area contributed by atoms with Gasteiger partial charge in [-0.25, -0.2) is 0 Å². The highest BCUT2D eigenvalue weighted by atomic mass is 16.6. The average Bonchev–Trinajstić information content (AvgIpc) is 2.83. The topological polar surface area (TPSA) is 116 Å². The number of aliphatic hydroxyl groups excluding tert-OH is 1. The molecular weight excluding hydrogens is 408 g/mol. The number of hydrogen-bond donors (Lipinski definition) is 2. The Morgan fingerprint density at radius 3 is 2.09 bits per heavy atom. The van der Waals surface area contributed by atoms with Gasteiger partial charge in [0.2, 0.25) is 0 Å². The highest BCUT2D eigenvalue weighted by Crippen LogP contribution is 2.22. The second-order valence-electron chi connectivity index (χ2n) is 6.79. The molecule has 164 valence electrons. The van der Waals surface area contributed by atoms with Gasteiger partial charge in [0.1, 0.15) is 0 Å². The number of azo groups is 1. The van der Waals surface area contributed by atoms with E-state index in [1.54, 1.807) is 18.3 Å². The Bertz CT molecular complexity index is 1060. The minimum absolute atomic E-state index is 0.0323. The molecule has 0 heterocycles. The number of rotatable bonds is 10. The van der Waals surface area contributed by atoms with Gasteiger partial charge >= 0.3 is 0 Å². The van der Waals surface area contributed by atoms with Crippen LogP contribution in [-0.4, -0.2) is 35.9 Å². The van der Waals surface area contributed by atoms with E-state index in [1.165, 1.54) is 12.1 Å². The molecule has 3 rings (SSSR count). The van der Waals surface area contributed by atoms with Crippen LogP contribution >= 0.6 is 0 Å². The van der Waals surface area contributed by atoms with Gasteiger partial charge in [0.15, 0.2) is 0 Å². The molecule has 0 aliphatic rings. The predicted molar refractivity (Wildman–Crippen MR) is 126 cm³/mol. The Labute approximate surface area is 185 Å². The van der Waals surface area contributed by atoms with Gasteiger partial charge in [-0.1, -0.05) is 12.1 Å². The summed E-state index contributed by atoms with van der Waals surface area (Å²) in [6.45, 7) is 3.57. The number of nitro benzene ring substituents is 1. The molecule has 9 heteroatoms. The highest BCUT2D eigenvalue weighted by Gasteiger charge is 2.04. The van der Waals surface area contributed by atoms with E-state index in [-0.39, 0.29) is 12.3 Å². The van der Waals surface area contributed by atoms with E-state index in [0.717, 1.165) is 23.5 Å². The first-order chi connectivity index (χ1) is 15.6. The fraction of sp³-hybridized carbons (Fsp3) is 0.174. The number of aliphatic hydroxyl groups is 1. The Kier molecular flexibility index (Phi) is 7.99. The molecule has 0 amide bonds. The molecule has 0 spiro atoms. The number of non-ortho nitro benzene ring substituents is 1. The van der Waals surface area contributed by atoms with Crippen molar-refractivity contribution in [1.82, 2.24) is 0 Å². The van der Waals surface area contributed by atoms with Crippen molar-refractivity contribution in [1.29, 1.82) is 0 Å². The maximum atomic E-state index is 10.7. The number of likely N-dealkylation sites (N-methyl/N-ethyl adjacent to an activating group) is 1. The van der Waals surface area contributed by atoms with Crippen molar-refractivity contribution < 1.29 is 10.0 Å². The molecule has 0 aliphatic carbocycles. The second-order valence-corrected chi connectivity index (χ2v) is 6.79. The van der Waals surface area contributed by atoms with Crippen LogP contribution in [0.1, 0.15) is 12.5 Å². The van der Waals surface area contributed by atoms with Crippen LogP contribution in [0.3, 0.4) is 0 Å². The third-order valence-electron chi connectivity index (χ3n) is 4.63.